The fourth-order valence-electron chi connectivity index (χ4n) is 1.15. The highest BCUT2D eigenvalue weighted by Gasteiger charge is 2.12. The predicted octanol–water partition coefficient (Wildman–Crippen LogP) is 1.85. The summed E-state index contributed by atoms with van der Waals surface area (Å²) in [6.07, 6.45) is 6.60. The summed E-state index contributed by atoms with van der Waals surface area (Å²) in [6, 6.07) is 3.06. The summed E-state index contributed by atoms with van der Waals surface area (Å²) in [7, 11) is -3.12. The maximum absolute atomic E-state index is 11.7. The van der Waals surface area contributed by atoms with Crippen molar-refractivity contribution in [2.45, 2.75) is 31.1 Å². The molecule has 0 saturated carbocycles. The van der Waals surface area contributed by atoms with Crippen molar-refractivity contribution < 1.29 is 8.42 Å². The van der Waals surface area contributed by atoms with Crippen LogP contribution in [-0.2, 0) is 9.84 Å². The summed E-state index contributed by atoms with van der Waals surface area (Å²) in [5, 5.41) is 0. The Labute approximate surface area is 85.1 Å². The van der Waals surface area contributed by atoms with Crippen LogP contribution in [0.1, 0.15) is 26.2 Å². The Morgan fingerprint density at radius 2 is 2.21 bits per heavy atom. The molecule has 4 heteroatoms. The standard InChI is InChI=1S/C10H14NO2S/c1-2-3-4-8-14(12,13)10-6-5-7-11-9-10/h5-6,9H,2-4,8H2,1H3. The second-order valence-corrected chi connectivity index (χ2v) is 5.26. The third kappa shape index (κ3) is 3.10. The second kappa shape index (κ2) is 5.10. The van der Waals surface area contributed by atoms with Gasteiger partial charge in [-0.25, -0.2) is 8.42 Å². The number of hydrogen-bond acceptors (Lipinski definition) is 3. The number of aromatic nitrogens is 1. The van der Waals surface area contributed by atoms with Gasteiger partial charge in [0.25, 0.3) is 0 Å². The molecule has 1 heterocycles. The summed E-state index contributed by atoms with van der Waals surface area (Å²) in [5.41, 5.74) is 0. The van der Waals surface area contributed by atoms with Crippen LogP contribution in [0.2, 0.25) is 0 Å². The number of nitrogens with zero attached hydrogens (tertiary/aromatic N) is 1. The molecule has 0 bridgehead atoms. The SMILES string of the molecule is CCCCCS(=O)(=O)c1cc[c]nc1. The predicted molar refractivity (Wildman–Crippen MR) is 54.7 cm³/mol. The Kier molecular flexibility index (Phi) is 4.07. The molecule has 0 unspecified atom stereocenters. The lowest BCUT2D eigenvalue weighted by Crippen LogP contribution is -2.06. The number of rotatable bonds is 5. The fourth-order valence-corrected chi connectivity index (χ4v) is 2.46. The van der Waals surface area contributed by atoms with Gasteiger partial charge < -0.3 is 0 Å². The topological polar surface area (TPSA) is 47.0 Å². The van der Waals surface area contributed by atoms with Crippen molar-refractivity contribution >= 4 is 9.84 Å². The monoisotopic (exact) mass is 212 g/mol. The normalized spacial score (nSPS) is 11.5. The van der Waals surface area contributed by atoms with Crippen LogP contribution < -0.4 is 0 Å². The molecule has 1 radical (unpaired) electrons. The molecule has 0 saturated heterocycles. The first-order chi connectivity index (χ1) is 6.67. The maximum Gasteiger partial charge on any atom is 0.179 e. The van der Waals surface area contributed by atoms with E-state index in [0.29, 0.717) is 4.90 Å². The molecule has 77 valence electrons. The first-order valence-corrected chi connectivity index (χ1v) is 6.37. The van der Waals surface area contributed by atoms with Gasteiger partial charge in [-0.05, 0) is 18.6 Å². The van der Waals surface area contributed by atoms with Crippen LogP contribution in [-0.4, -0.2) is 19.2 Å². The number of sulfone groups is 1. The van der Waals surface area contributed by atoms with Gasteiger partial charge in [0.2, 0.25) is 0 Å². The van der Waals surface area contributed by atoms with Crippen LogP contribution in [0, 0.1) is 6.20 Å². The van der Waals surface area contributed by atoms with E-state index in [9.17, 15) is 8.42 Å². The molecule has 0 N–H and O–H groups in total. The minimum Gasteiger partial charge on any atom is -0.253 e. The zero-order valence-electron chi connectivity index (χ0n) is 8.23. The number of hydrogen-bond donors (Lipinski definition) is 0. The van der Waals surface area contributed by atoms with Crippen molar-refractivity contribution in [3.63, 3.8) is 0 Å². The number of pyridine rings is 1. The molecule has 0 atom stereocenters. The molecule has 1 aromatic heterocycles. The van der Waals surface area contributed by atoms with Crippen molar-refractivity contribution in [1.82, 2.24) is 4.98 Å². The Morgan fingerprint density at radius 1 is 1.43 bits per heavy atom. The maximum atomic E-state index is 11.7. The second-order valence-electron chi connectivity index (χ2n) is 3.15. The molecule has 1 aromatic rings. The fraction of sp³-hybridized carbons (Fsp3) is 0.500. The van der Waals surface area contributed by atoms with Crippen LogP contribution in [0.5, 0.6) is 0 Å². The van der Waals surface area contributed by atoms with E-state index < -0.39 is 9.84 Å². The first-order valence-electron chi connectivity index (χ1n) is 4.71. The van der Waals surface area contributed by atoms with E-state index in [1.165, 1.54) is 18.3 Å². The van der Waals surface area contributed by atoms with Crippen molar-refractivity contribution in [3.05, 3.63) is 24.5 Å². The highest BCUT2D eigenvalue weighted by atomic mass is 32.2. The largest absolute Gasteiger partial charge is 0.253 e. The lowest BCUT2D eigenvalue weighted by molar-refractivity contribution is 0.590. The van der Waals surface area contributed by atoms with Crippen molar-refractivity contribution in [3.8, 4) is 0 Å². The van der Waals surface area contributed by atoms with E-state index in [1.807, 2.05) is 6.92 Å². The smallest absolute Gasteiger partial charge is 0.179 e. The third-order valence-corrected chi connectivity index (χ3v) is 3.75. The van der Waals surface area contributed by atoms with E-state index in [0.717, 1.165) is 19.3 Å². The minimum absolute atomic E-state index is 0.215. The van der Waals surface area contributed by atoms with Crippen LogP contribution in [0.3, 0.4) is 0 Å². The zero-order valence-corrected chi connectivity index (χ0v) is 9.05. The van der Waals surface area contributed by atoms with E-state index in [1.54, 1.807) is 0 Å². The van der Waals surface area contributed by atoms with Crippen LogP contribution >= 0.6 is 0 Å². The molecule has 0 amide bonds. The molecule has 0 aliphatic rings. The molecule has 0 aliphatic heterocycles. The molecular formula is C10H14NO2S. The molecule has 0 spiro atoms. The highest BCUT2D eigenvalue weighted by molar-refractivity contribution is 7.91. The van der Waals surface area contributed by atoms with Crippen LogP contribution in [0.25, 0.3) is 0 Å². The molecule has 3 nitrogen and oxygen atoms in total. The average Bonchev–Trinajstić information content (AvgIpc) is 2.19. The number of unbranched alkanes of at least 4 members (excludes halogenated alkanes) is 2. The van der Waals surface area contributed by atoms with E-state index in [4.69, 9.17) is 0 Å². The molecule has 0 aromatic carbocycles. The first kappa shape index (κ1) is 11.2. The van der Waals surface area contributed by atoms with Crippen LogP contribution in [0.4, 0.5) is 0 Å². The van der Waals surface area contributed by atoms with Gasteiger partial charge in [0.05, 0.1) is 16.8 Å². The van der Waals surface area contributed by atoms with Gasteiger partial charge in [-0.15, -0.1) is 0 Å². The van der Waals surface area contributed by atoms with Gasteiger partial charge in [-0.2, -0.15) is 0 Å². The Bertz CT molecular complexity index is 359. The Morgan fingerprint density at radius 3 is 2.79 bits per heavy atom. The minimum atomic E-state index is -3.12. The molecular weight excluding hydrogens is 198 g/mol. The zero-order chi connectivity index (χ0) is 10.4. The third-order valence-electron chi connectivity index (χ3n) is 1.96. The summed E-state index contributed by atoms with van der Waals surface area (Å²) in [4.78, 5) is 3.97. The summed E-state index contributed by atoms with van der Waals surface area (Å²) >= 11 is 0. The Balaban J connectivity index is 2.67. The van der Waals surface area contributed by atoms with E-state index in [2.05, 4.69) is 11.2 Å². The Hall–Kier alpha value is -0.900. The summed E-state index contributed by atoms with van der Waals surface area (Å²) in [5.74, 6) is 0.215. The van der Waals surface area contributed by atoms with Crippen molar-refractivity contribution in [2.24, 2.45) is 0 Å². The van der Waals surface area contributed by atoms with Crippen molar-refractivity contribution in [2.75, 3.05) is 5.75 Å². The van der Waals surface area contributed by atoms with Gasteiger partial charge in [0, 0.05) is 6.20 Å². The quantitative estimate of drug-likeness (QED) is 0.700. The lowest BCUT2D eigenvalue weighted by atomic mass is 10.3. The van der Waals surface area contributed by atoms with Gasteiger partial charge in [-0.3, -0.25) is 4.98 Å². The van der Waals surface area contributed by atoms with E-state index >= 15 is 0 Å². The molecule has 0 fully saturated rings. The molecule has 0 aliphatic carbocycles. The van der Waals surface area contributed by atoms with Crippen molar-refractivity contribution in [1.29, 1.82) is 0 Å². The van der Waals surface area contributed by atoms with Gasteiger partial charge in [0.15, 0.2) is 9.84 Å². The average molecular weight is 212 g/mol. The van der Waals surface area contributed by atoms with Gasteiger partial charge >= 0.3 is 0 Å². The van der Waals surface area contributed by atoms with Gasteiger partial charge in [0.1, 0.15) is 0 Å². The van der Waals surface area contributed by atoms with Gasteiger partial charge in [-0.1, -0.05) is 19.8 Å². The summed E-state index contributed by atoms with van der Waals surface area (Å²) < 4.78 is 23.3. The lowest BCUT2D eigenvalue weighted by Gasteiger charge is -2.02. The summed E-state index contributed by atoms with van der Waals surface area (Å²) in [6.45, 7) is 2.05. The molecule has 14 heavy (non-hydrogen) atoms. The van der Waals surface area contributed by atoms with Crippen LogP contribution in [0.15, 0.2) is 23.2 Å². The highest BCUT2D eigenvalue weighted by Crippen LogP contribution is 2.10. The molecule has 1 rings (SSSR count). The van der Waals surface area contributed by atoms with E-state index in [-0.39, 0.29) is 5.75 Å².